The van der Waals surface area contributed by atoms with E-state index in [1.165, 1.54) is 12.8 Å². The minimum Gasteiger partial charge on any atom is -0.314 e. The summed E-state index contributed by atoms with van der Waals surface area (Å²) >= 11 is 0. The summed E-state index contributed by atoms with van der Waals surface area (Å²) in [5, 5.41) is 3.42. The van der Waals surface area contributed by atoms with Gasteiger partial charge in [-0.1, -0.05) is 20.3 Å². The zero-order chi connectivity index (χ0) is 13.2. The number of rotatable bonds is 4. The molecule has 3 atom stereocenters. The monoisotopic (exact) mass is 274 g/mol. The van der Waals surface area contributed by atoms with Crippen LogP contribution in [-0.2, 0) is 10.0 Å². The van der Waals surface area contributed by atoms with Crippen molar-refractivity contribution in [2.75, 3.05) is 25.4 Å². The molecule has 0 aliphatic carbocycles. The first-order valence-corrected chi connectivity index (χ1v) is 8.81. The molecule has 0 amide bonds. The van der Waals surface area contributed by atoms with Gasteiger partial charge in [0.05, 0.1) is 5.75 Å². The molecule has 5 heteroatoms. The molecule has 18 heavy (non-hydrogen) atoms. The molecule has 2 aliphatic rings. The van der Waals surface area contributed by atoms with E-state index in [4.69, 9.17) is 0 Å². The van der Waals surface area contributed by atoms with Crippen LogP contribution in [0, 0.1) is 11.8 Å². The summed E-state index contributed by atoms with van der Waals surface area (Å²) in [5.74, 6) is 1.30. The number of piperidine rings is 1. The summed E-state index contributed by atoms with van der Waals surface area (Å²) in [6.45, 7) is 6.75. The van der Waals surface area contributed by atoms with Gasteiger partial charge >= 0.3 is 0 Å². The molecule has 2 fully saturated rings. The van der Waals surface area contributed by atoms with Crippen LogP contribution in [0.4, 0.5) is 0 Å². The third kappa shape index (κ3) is 3.45. The average Bonchev–Trinajstić information content (AvgIpc) is 2.70. The van der Waals surface area contributed by atoms with Gasteiger partial charge in [-0.25, -0.2) is 12.7 Å². The van der Waals surface area contributed by atoms with E-state index in [-0.39, 0.29) is 0 Å². The lowest BCUT2D eigenvalue weighted by Crippen LogP contribution is -2.38. The highest BCUT2D eigenvalue weighted by atomic mass is 32.2. The number of nitrogens with one attached hydrogen (secondary N) is 1. The van der Waals surface area contributed by atoms with Gasteiger partial charge in [-0.05, 0) is 37.6 Å². The van der Waals surface area contributed by atoms with E-state index < -0.39 is 10.0 Å². The van der Waals surface area contributed by atoms with Gasteiger partial charge in [-0.2, -0.15) is 0 Å². The summed E-state index contributed by atoms with van der Waals surface area (Å²) in [7, 11) is -3.03. The summed E-state index contributed by atoms with van der Waals surface area (Å²) in [5.41, 5.74) is 0. The first-order chi connectivity index (χ1) is 8.49. The molecular formula is C13H26N2O2S. The highest BCUT2D eigenvalue weighted by Crippen LogP contribution is 2.25. The molecule has 2 heterocycles. The predicted octanol–water partition coefficient (Wildman–Crippen LogP) is 1.44. The number of hydrogen-bond acceptors (Lipinski definition) is 3. The SMILES string of the molecule is CC1CN(S(=O)(=O)CCC2CCCCN2)CC1C. The molecule has 0 bridgehead atoms. The summed E-state index contributed by atoms with van der Waals surface area (Å²) < 4.78 is 26.2. The largest absolute Gasteiger partial charge is 0.314 e. The Hall–Kier alpha value is -0.130. The van der Waals surface area contributed by atoms with Gasteiger partial charge in [0, 0.05) is 19.1 Å². The minimum atomic E-state index is -3.03. The third-order valence-electron chi connectivity index (χ3n) is 4.48. The zero-order valence-corrected chi connectivity index (χ0v) is 12.4. The van der Waals surface area contributed by atoms with Crippen molar-refractivity contribution < 1.29 is 8.42 Å². The molecule has 106 valence electrons. The van der Waals surface area contributed by atoms with E-state index in [9.17, 15) is 8.42 Å². The summed E-state index contributed by atoms with van der Waals surface area (Å²) in [6.07, 6.45) is 4.35. The molecule has 2 rings (SSSR count). The molecule has 4 nitrogen and oxygen atoms in total. The van der Waals surface area contributed by atoms with E-state index in [0.29, 0.717) is 36.7 Å². The molecule has 2 saturated heterocycles. The van der Waals surface area contributed by atoms with Crippen LogP contribution in [0.5, 0.6) is 0 Å². The Bertz CT molecular complexity index is 353. The minimum absolute atomic E-state index is 0.310. The summed E-state index contributed by atoms with van der Waals surface area (Å²) in [6, 6.07) is 0.408. The highest BCUT2D eigenvalue weighted by Gasteiger charge is 2.34. The standard InChI is InChI=1S/C13H26N2O2S/c1-11-9-15(10-12(11)2)18(16,17)8-6-13-5-3-4-7-14-13/h11-14H,3-10H2,1-2H3. The zero-order valence-electron chi connectivity index (χ0n) is 11.6. The maximum atomic E-state index is 12.3. The molecular weight excluding hydrogens is 248 g/mol. The lowest BCUT2D eigenvalue weighted by atomic mass is 10.0. The molecule has 0 aromatic carbocycles. The molecule has 0 spiro atoms. The van der Waals surface area contributed by atoms with Crippen molar-refractivity contribution in [3.05, 3.63) is 0 Å². The Morgan fingerprint density at radius 3 is 2.39 bits per heavy atom. The van der Waals surface area contributed by atoms with Crippen LogP contribution in [0.15, 0.2) is 0 Å². The van der Waals surface area contributed by atoms with Crippen molar-refractivity contribution in [3.8, 4) is 0 Å². The van der Waals surface area contributed by atoms with Gasteiger partial charge in [-0.15, -0.1) is 0 Å². The number of sulfonamides is 1. The van der Waals surface area contributed by atoms with Gasteiger partial charge in [0.2, 0.25) is 10.0 Å². The Kier molecular flexibility index (Phi) is 4.67. The molecule has 2 aliphatic heterocycles. The number of nitrogens with zero attached hydrogens (tertiary/aromatic N) is 1. The lowest BCUT2D eigenvalue weighted by molar-refractivity contribution is 0.388. The summed E-state index contributed by atoms with van der Waals surface area (Å²) in [4.78, 5) is 0. The second-order valence-corrected chi connectivity index (χ2v) is 8.11. The Balaban J connectivity index is 1.83. The topological polar surface area (TPSA) is 49.4 Å². The highest BCUT2D eigenvalue weighted by molar-refractivity contribution is 7.89. The second-order valence-electron chi connectivity index (χ2n) is 6.02. The Morgan fingerprint density at radius 1 is 1.17 bits per heavy atom. The van der Waals surface area contributed by atoms with Crippen molar-refractivity contribution in [1.82, 2.24) is 9.62 Å². The Morgan fingerprint density at radius 2 is 1.83 bits per heavy atom. The van der Waals surface area contributed by atoms with Gasteiger partial charge < -0.3 is 5.32 Å². The van der Waals surface area contributed by atoms with E-state index in [2.05, 4.69) is 19.2 Å². The lowest BCUT2D eigenvalue weighted by Gasteiger charge is -2.24. The van der Waals surface area contributed by atoms with Crippen LogP contribution in [0.25, 0.3) is 0 Å². The van der Waals surface area contributed by atoms with Crippen LogP contribution in [-0.4, -0.2) is 44.2 Å². The van der Waals surface area contributed by atoms with Gasteiger partial charge in [-0.3, -0.25) is 0 Å². The average molecular weight is 274 g/mol. The smallest absolute Gasteiger partial charge is 0.214 e. The molecule has 3 unspecified atom stereocenters. The van der Waals surface area contributed by atoms with Crippen molar-refractivity contribution in [1.29, 1.82) is 0 Å². The van der Waals surface area contributed by atoms with E-state index in [1.807, 2.05) is 0 Å². The van der Waals surface area contributed by atoms with Gasteiger partial charge in [0.25, 0.3) is 0 Å². The third-order valence-corrected chi connectivity index (χ3v) is 6.32. The maximum absolute atomic E-state index is 12.3. The van der Waals surface area contributed by atoms with E-state index in [1.54, 1.807) is 4.31 Å². The fraction of sp³-hybridized carbons (Fsp3) is 1.00. The molecule has 0 aromatic rings. The van der Waals surface area contributed by atoms with E-state index >= 15 is 0 Å². The van der Waals surface area contributed by atoms with Crippen LogP contribution in [0.2, 0.25) is 0 Å². The van der Waals surface area contributed by atoms with Crippen LogP contribution >= 0.6 is 0 Å². The van der Waals surface area contributed by atoms with Crippen LogP contribution in [0.1, 0.15) is 39.5 Å². The van der Waals surface area contributed by atoms with Crippen molar-refractivity contribution >= 4 is 10.0 Å². The fourth-order valence-corrected chi connectivity index (χ4v) is 4.66. The number of hydrogen-bond donors (Lipinski definition) is 1. The molecule has 0 radical (unpaired) electrons. The second kappa shape index (κ2) is 5.88. The van der Waals surface area contributed by atoms with Crippen molar-refractivity contribution in [3.63, 3.8) is 0 Å². The van der Waals surface area contributed by atoms with Crippen LogP contribution < -0.4 is 5.32 Å². The quantitative estimate of drug-likeness (QED) is 0.844. The Labute approximate surface area is 111 Å². The normalized spacial score (nSPS) is 34.9. The molecule has 1 N–H and O–H groups in total. The molecule has 0 saturated carbocycles. The first-order valence-electron chi connectivity index (χ1n) is 7.20. The fourth-order valence-electron chi connectivity index (χ4n) is 2.89. The maximum Gasteiger partial charge on any atom is 0.214 e. The predicted molar refractivity (Wildman–Crippen MR) is 73.9 cm³/mol. The first kappa shape index (κ1) is 14.3. The molecule has 0 aromatic heterocycles. The van der Waals surface area contributed by atoms with Gasteiger partial charge in [0.15, 0.2) is 0 Å². The van der Waals surface area contributed by atoms with E-state index in [0.717, 1.165) is 19.4 Å². The van der Waals surface area contributed by atoms with Gasteiger partial charge in [0.1, 0.15) is 0 Å². The van der Waals surface area contributed by atoms with Crippen molar-refractivity contribution in [2.24, 2.45) is 11.8 Å². The van der Waals surface area contributed by atoms with Crippen LogP contribution in [0.3, 0.4) is 0 Å². The van der Waals surface area contributed by atoms with Crippen molar-refractivity contribution in [2.45, 2.75) is 45.6 Å².